The van der Waals surface area contributed by atoms with Gasteiger partial charge in [-0.15, -0.1) is 0 Å². The van der Waals surface area contributed by atoms with Gasteiger partial charge in [-0.1, -0.05) is 30.4 Å². The Balaban J connectivity index is 2.43. The molecule has 0 amide bonds. The standard InChI is InChI=1S/C11H13NOS/c13-14(10-6-2-5-9-12-14)11-7-3-1-4-8-11/h1-5,7-8H,6,9-10H2. The monoisotopic (exact) mass is 207 g/mol. The molecule has 1 aromatic carbocycles. The summed E-state index contributed by atoms with van der Waals surface area (Å²) in [6, 6.07) is 9.56. The van der Waals surface area contributed by atoms with Crippen LogP contribution in [0.1, 0.15) is 6.42 Å². The molecule has 1 aromatic rings. The number of hydrogen-bond donors (Lipinski definition) is 0. The normalized spacial score (nSPS) is 26.6. The van der Waals surface area contributed by atoms with Crippen LogP contribution < -0.4 is 0 Å². The quantitative estimate of drug-likeness (QED) is 0.650. The van der Waals surface area contributed by atoms with Crippen LogP contribution in [0, 0.1) is 0 Å². The van der Waals surface area contributed by atoms with E-state index >= 15 is 0 Å². The van der Waals surface area contributed by atoms with Gasteiger partial charge in [0.1, 0.15) is 0 Å². The van der Waals surface area contributed by atoms with Gasteiger partial charge in [0.15, 0.2) is 0 Å². The minimum atomic E-state index is -2.14. The Bertz CT molecular complexity index is 442. The molecule has 3 heteroatoms. The molecule has 0 bridgehead atoms. The minimum Gasteiger partial charge on any atom is -0.245 e. The zero-order valence-electron chi connectivity index (χ0n) is 7.93. The Kier molecular flexibility index (Phi) is 2.68. The summed E-state index contributed by atoms with van der Waals surface area (Å²) in [5.41, 5.74) is 0. The van der Waals surface area contributed by atoms with Crippen molar-refractivity contribution in [3.63, 3.8) is 0 Å². The molecule has 1 aliphatic heterocycles. The van der Waals surface area contributed by atoms with Gasteiger partial charge in [-0.2, -0.15) is 0 Å². The highest BCUT2D eigenvalue weighted by Gasteiger charge is 2.11. The lowest BCUT2D eigenvalue weighted by atomic mass is 10.4. The Morgan fingerprint density at radius 1 is 1.14 bits per heavy atom. The molecule has 2 nitrogen and oxygen atoms in total. The van der Waals surface area contributed by atoms with Crippen molar-refractivity contribution in [1.82, 2.24) is 0 Å². The molecule has 1 unspecified atom stereocenters. The van der Waals surface area contributed by atoms with Gasteiger partial charge in [0.2, 0.25) is 0 Å². The van der Waals surface area contributed by atoms with Crippen LogP contribution in [-0.2, 0) is 9.73 Å². The van der Waals surface area contributed by atoms with Crippen LogP contribution in [-0.4, -0.2) is 16.5 Å². The van der Waals surface area contributed by atoms with Gasteiger partial charge in [0, 0.05) is 10.6 Å². The van der Waals surface area contributed by atoms with E-state index in [2.05, 4.69) is 10.4 Å². The zero-order valence-corrected chi connectivity index (χ0v) is 8.74. The first-order valence-electron chi connectivity index (χ1n) is 4.72. The molecular weight excluding hydrogens is 194 g/mol. The van der Waals surface area contributed by atoms with E-state index in [4.69, 9.17) is 0 Å². The molecule has 74 valence electrons. The van der Waals surface area contributed by atoms with Crippen LogP contribution in [0.15, 0.2) is 51.7 Å². The second-order valence-corrected chi connectivity index (χ2v) is 5.65. The van der Waals surface area contributed by atoms with E-state index in [9.17, 15) is 4.21 Å². The first-order valence-corrected chi connectivity index (χ1v) is 6.40. The molecule has 14 heavy (non-hydrogen) atoms. The van der Waals surface area contributed by atoms with Crippen LogP contribution in [0.4, 0.5) is 0 Å². The third-order valence-corrected chi connectivity index (χ3v) is 4.59. The lowest BCUT2D eigenvalue weighted by molar-refractivity contribution is 0.675. The van der Waals surface area contributed by atoms with E-state index in [1.165, 1.54) is 0 Å². The van der Waals surface area contributed by atoms with E-state index < -0.39 is 9.73 Å². The molecule has 1 aliphatic rings. The van der Waals surface area contributed by atoms with Crippen molar-refractivity contribution < 1.29 is 4.21 Å². The molecule has 1 atom stereocenters. The second-order valence-electron chi connectivity index (χ2n) is 3.23. The molecule has 0 saturated carbocycles. The van der Waals surface area contributed by atoms with Crippen LogP contribution in [0.2, 0.25) is 0 Å². The van der Waals surface area contributed by atoms with Crippen molar-refractivity contribution in [1.29, 1.82) is 0 Å². The van der Waals surface area contributed by atoms with Crippen molar-refractivity contribution >= 4 is 9.73 Å². The maximum absolute atomic E-state index is 12.4. The van der Waals surface area contributed by atoms with Crippen molar-refractivity contribution in [2.24, 2.45) is 4.36 Å². The van der Waals surface area contributed by atoms with Crippen LogP contribution in [0.3, 0.4) is 0 Å². The molecule has 2 rings (SSSR count). The summed E-state index contributed by atoms with van der Waals surface area (Å²) in [4.78, 5) is 0.865. The molecule has 0 aliphatic carbocycles. The first-order chi connectivity index (χ1) is 6.81. The Morgan fingerprint density at radius 3 is 2.71 bits per heavy atom. The third-order valence-electron chi connectivity index (χ3n) is 2.23. The van der Waals surface area contributed by atoms with E-state index in [-0.39, 0.29) is 0 Å². The largest absolute Gasteiger partial charge is 0.245 e. The van der Waals surface area contributed by atoms with Gasteiger partial charge in [-0.05, 0) is 18.6 Å². The topological polar surface area (TPSA) is 29.4 Å². The van der Waals surface area contributed by atoms with E-state index in [0.717, 1.165) is 11.3 Å². The van der Waals surface area contributed by atoms with Crippen LogP contribution in [0.5, 0.6) is 0 Å². The lowest BCUT2D eigenvalue weighted by Crippen LogP contribution is -2.05. The van der Waals surface area contributed by atoms with Gasteiger partial charge in [-0.3, -0.25) is 0 Å². The number of benzene rings is 1. The van der Waals surface area contributed by atoms with E-state index in [1.807, 2.05) is 36.4 Å². The number of hydrogen-bond acceptors (Lipinski definition) is 2. The summed E-state index contributed by atoms with van der Waals surface area (Å²) < 4.78 is 16.7. The highest BCUT2D eigenvalue weighted by molar-refractivity contribution is 7.93. The predicted molar refractivity (Wildman–Crippen MR) is 58.8 cm³/mol. The SMILES string of the molecule is O=S1(c2ccccc2)=NCC=CCC1. The number of nitrogens with zero attached hydrogens (tertiary/aromatic N) is 1. The number of rotatable bonds is 1. The molecule has 0 saturated heterocycles. The molecule has 0 spiro atoms. The molecule has 0 N–H and O–H groups in total. The Labute approximate surface area is 84.8 Å². The average molecular weight is 207 g/mol. The van der Waals surface area contributed by atoms with Crippen molar-refractivity contribution in [2.75, 3.05) is 12.3 Å². The minimum absolute atomic E-state index is 0.577. The molecular formula is C11H13NOS. The highest BCUT2D eigenvalue weighted by Crippen LogP contribution is 2.16. The fourth-order valence-electron chi connectivity index (χ4n) is 1.47. The Morgan fingerprint density at radius 2 is 1.93 bits per heavy atom. The summed E-state index contributed by atoms with van der Waals surface area (Å²) in [6.07, 6.45) is 4.89. The number of allylic oxidation sites excluding steroid dienone is 1. The fraction of sp³-hybridized carbons (Fsp3) is 0.273. The van der Waals surface area contributed by atoms with Crippen LogP contribution >= 0.6 is 0 Å². The van der Waals surface area contributed by atoms with Crippen molar-refractivity contribution in [3.8, 4) is 0 Å². The summed E-state index contributed by atoms with van der Waals surface area (Å²) in [6.45, 7) is 0.577. The van der Waals surface area contributed by atoms with Crippen LogP contribution in [0.25, 0.3) is 0 Å². The Hall–Kier alpha value is -1.09. The lowest BCUT2D eigenvalue weighted by Gasteiger charge is -2.06. The van der Waals surface area contributed by atoms with E-state index in [0.29, 0.717) is 12.3 Å². The summed E-state index contributed by atoms with van der Waals surface area (Å²) in [5, 5.41) is 0. The molecule has 0 radical (unpaired) electrons. The fourth-order valence-corrected chi connectivity index (χ4v) is 3.35. The van der Waals surface area contributed by atoms with Gasteiger partial charge in [0.25, 0.3) is 0 Å². The second kappa shape index (κ2) is 3.96. The maximum Gasteiger partial charge on any atom is 0.0758 e. The van der Waals surface area contributed by atoms with Gasteiger partial charge in [0.05, 0.1) is 16.3 Å². The highest BCUT2D eigenvalue weighted by atomic mass is 32.2. The average Bonchev–Trinajstić information content (AvgIpc) is 2.46. The zero-order chi connectivity index (χ0) is 9.86. The first kappa shape index (κ1) is 9.46. The molecule has 0 fully saturated rings. The molecule has 1 heterocycles. The van der Waals surface area contributed by atoms with Crippen molar-refractivity contribution in [2.45, 2.75) is 11.3 Å². The molecule has 0 aromatic heterocycles. The van der Waals surface area contributed by atoms with Gasteiger partial charge < -0.3 is 0 Å². The smallest absolute Gasteiger partial charge is 0.0758 e. The summed E-state index contributed by atoms with van der Waals surface area (Å²) in [5.74, 6) is 0.646. The summed E-state index contributed by atoms with van der Waals surface area (Å²) >= 11 is 0. The van der Waals surface area contributed by atoms with E-state index in [1.54, 1.807) is 0 Å². The summed E-state index contributed by atoms with van der Waals surface area (Å²) in [7, 11) is -2.14. The van der Waals surface area contributed by atoms with Crippen molar-refractivity contribution in [3.05, 3.63) is 42.5 Å². The maximum atomic E-state index is 12.4. The predicted octanol–water partition coefficient (Wildman–Crippen LogP) is 2.47. The third kappa shape index (κ3) is 1.87. The van der Waals surface area contributed by atoms with Gasteiger partial charge >= 0.3 is 0 Å². The van der Waals surface area contributed by atoms with Gasteiger partial charge in [-0.25, -0.2) is 8.57 Å².